The molecule has 0 bridgehead atoms. The molecule has 0 spiro atoms. The maximum atomic E-state index is 12.1. The topological polar surface area (TPSA) is 56.1 Å². The molecule has 0 fully saturated rings. The first-order chi connectivity index (χ1) is 9.83. The number of carbonyl (C=O) groups excluding carboxylic acids is 1. The van der Waals surface area contributed by atoms with Crippen molar-refractivity contribution in [3.05, 3.63) is 48.5 Å². The third-order valence-corrected chi connectivity index (χ3v) is 2.86. The number of carbonyl (C=O) groups is 1. The highest BCUT2D eigenvalue weighted by atomic mass is 16.5. The summed E-state index contributed by atoms with van der Waals surface area (Å²) >= 11 is 0. The van der Waals surface area contributed by atoms with E-state index < -0.39 is 0 Å². The fourth-order valence-electron chi connectivity index (χ4n) is 1.90. The molecule has 0 radical (unpaired) electrons. The Morgan fingerprint density at radius 3 is 3.05 bits per heavy atom. The Labute approximate surface area is 118 Å². The maximum Gasteiger partial charge on any atom is 0.268 e. The molecular weight excluding hydrogens is 254 g/mol. The Hall–Kier alpha value is -2.14. The van der Waals surface area contributed by atoms with Gasteiger partial charge in [-0.2, -0.15) is 0 Å². The standard InChI is InChI=1S/C15H19N3O2/c1-2-20-11-5-9-17-15(19)14-7-4-10-18(14)13-6-3-8-16-12-13/h3-4,6-8,10,12H,2,5,9,11H2,1H3,(H,17,19). The van der Waals surface area contributed by atoms with Crippen molar-refractivity contribution in [3.8, 4) is 5.69 Å². The highest BCUT2D eigenvalue weighted by molar-refractivity contribution is 5.93. The highest BCUT2D eigenvalue weighted by Crippen LogP contribution is 2.11. The van der Waals surface area contributed by atoms with Gasteiger partial charge in [-0.15, -0.1) is 0 Å². The second-order valence-corrected chi connectivity index (χ2v) is 4.28. The number of hydrogen-bond acceptors (Lipinski definition) is 3. The number of nitrogens with zero attached hydrogens (tertiary/aromatic N) is 2. The average molecular weight is 273 g/mol. The van der Waals surface area contributed by atoms with E-state index in [2.05, 4.69) is 10.3 Å². The van der Waals surface area contributed by atoms with E-state index in [0.29, 0.717) is 25.5 Å². The second-order valence-electron chi connectivity index (χ2n) is 4.28. The normalized spacial score (nSPS) is 10.4. The van der Waals surface area contributed by atoms with E-state index in [0.717, 1.165) is 12.1 Å². The number of aromatic nitrogens is 2. The summed E-state index contributed by atoms with van der Waals surface area (Å²) in [4.78, 5) is 16.2. The number of hydrogen-bond donors (Lipinski definition) is 1. The van der Waals surface area contributed by atoms with Crippen LogP contribution in [0.15, 0.2) is 42.9 Å². The number of nitrogens with one attached hydrogen (secondary N) is 1. The Kier molecular flexibility index (Phi) is 5.32. The summed E-state index contributed by atoms with van der Waals surface area (Å²) in [6.45, 7) is 3.94. The third-order valence-electron chi connectivity index (χ3n) is 2.86. The lowest BCUT2D eigenvalue weighted by molar-refractivity contribution is 0.0937. The minimum absolute atomic E-state index is 0.0876. The van der Waals surface area contributed by atoms with Gasteiger partial charge in [0.25, 0.3) is 5.91 Å². The molecule has 0 aromatic carbocycles. The van der Waals surface area contributed by atoms with Gasteiger partial charge in [-0.1, -0.05) is 0 Å². The lowest BCUT2D eigenvalue weighted by atomic mass is 10.3. The monoisotopic (exact) mass is 273 g/mol. The Bertz CT molecular complexity index is 537. The second kappa shape index (κ2) is 7.45. The zero-order valence-corrected chi connectivity index (χ0v) is 11.6. The molecule has 5 heteroatoms. The lowest BCUT2D eigenvalue weighted by Gasteiger charge is -2.09. The van der Waals surface area contributed by atoms with Crippen LogP contribution in [0.3, 0.4) is 0 Å². The minimum Gasteiger partial charge on any atom is -0.382 e. The molecule has 2 aromatic rings. The molecule has 0 unspecified atom stereocenters. The molecule has 2 rings (SSSR count). The van der Waals surface area contributed by atoms with Gasteiger partial charge < -0.3 is 14.6 Å². The summed E-state index contributed by atoms with van der Waals surface area (Å²) in [6.07, 6.45) is 6.10. The third kappa shape index (κ3) is 3.68. The van der Waals surface area contributed by atoms with Crippen LogP contribution >= 0.6 is 0 Å². The number of amides is 1. The predicted molar refractivity (Wildman–Crippen MR) is 77.0 cm³/mol. The first-order valence-corrected chi connectivity index (χ1v) is 6.76. The fourth-order valence-corrected chi connectivity index (χ4v) is 1.90. The van der Waals surface area contributed by atoms with Crippen molar-refractivity contribution in [2.24, 2.45) is 0 Å². The SMILES string of the molecule is CCOCCCNC(=O)c1cccn1-c1cccnc1. The van der Waals surface area contributed by atoms with Gasteiger partial charge in [0.05, 0.1) is 11.9 Å². The molecule has 0 saturated heterocycles. The zero-order valence-electron chi connectivity index (χ0n) is 11.6. The molecule has 0 aliphatic rings. The summed E-state index contributed by atoms with van der Waals surface area (Å²) in [5, 5.41) is 2.89. The van der Waals surface area contributed by atoms with E-state index >= 15 is 0 Å². The van der Waals surface area contributed by atoms with Crippen LogP contribution in [0.1, 0.15) is 23.8 Å². The predicted octanol–water partition coefficient (Wildman–Crippen LogP) is 2.03. The van der Waals surface area contributed by atoms with E-state index in [-0.39, 0.29) is 5.91 Å². The van der Waals surface area contributed by atoms with Crippen LogP contribution in [0.25, 0.3) is 5.69 Å². The average Bonchev–Trinajstić information content (AvgIpc) is 2.97. The van der Waals surface area contributed by atoms with Crippen LogP contribution in [0.5, 0.6) is 0 Å². The molecule has 0 atom stereocenters. The molecule has 2 aromatic heterocycles. The van der Waals surface area contributed by atoms with Crippen molar-refractivity contribution in [1.29, 1.82) is 0 Å². The van der Waals surface area contributed by atoms with Gasteiger partial charge in [-0.25, -0.2) is 0 Å². The molecule has 2 heterocycles. The Morgan fingerprint density at radius 1 is 1.40 bits per heavy atom. The molecule has 20 heavy (non-hydrogen) atoms. The van der Waals surface area contributed by atoms with Crippen molar-refractivity contribution in [3.63, 3.8) is 0 Å². The summed E-state index contributed by atoms with van der Waals surface area (Å²) in [7, 11) is 0. The molecule has 0 saturated carbocycles. The maximum absolute atomic E-state index is 12.1. The molecule has 0 aliphatic heterocycles. The Balaban J connectivity index is 1.96. The quantitative estimate of drug-likeness (QED) is 0.785. The largest absolute Gasteiger partial charge is 0.382 e. The fraction of sp³-hybridized carbons (Fsp3) is 0.333. The van der Waals surface area contributed by atoms with Crippen LogP contribution in [-0.2, 0) is 4.74 Å². The summed E-state index contributed by atoms with van der Waals surface area (Å²) in [5.74, 6) is -0.0876. The summed E-state index contributed by atoms with van der Waals surface area (Å²) in [6, 6.07) is 7.41. The first kappa shape index (κ1) is 14.3. The molecular formula is C15H19N3O2. The van der Waals surface area contributed by atoms with Crippen molar-refractivity contribution in [2.75, 3.05) is 19.8 Å². The van der Waals surface area contributed by atoms with Crippen molar-refractivity contribution in [1.82, 2.24) is 14.9 Å². The first-order valence-electron chi connectivity index (χ1n) is 6.76. The van der Waals surface area contributed by atoms with Crippen molar-refractivity contribution >= 4 is 5.91 Å². The van der Waals surface area contributed by atoms with E-state index in [4.69, 9.17) is 4.74 Å². The van der Waals surface area contributed by atoms with E-state index in [1.807, 2.05) is 35.9 Å². The van der Waals surface area contributed by atoms with Gasteiger partial charge in [0.2, 0.25) is 0 Å². The summed E-state index contributed by atoms with van der Waals surface area (Å²) in [5.41, 5.74) is 1.48. The minimum atomic E-state index is -0.0876. The van der Waals surface area contributed by atoms with Gasteiger partial charge in [0, 0.05) is 32.2 Å². The van der Waals surface area contributed by atoms with Gasteiger partial charge in [-0.05, 0) is 37.6 Å². The zero-order chi connectivity index (χ0) is 14.2. The van der Waals surface area contributed by atoms with Crippen molar-refractivity contribution in [2.45, 2.75) is 13.3 Å². The van der Waals surface area contributed by atoms with Crippen molar-refractivity contribution < 1.29 is 9.53 Å². The van der Waals surface area contributed by atoms with Crippen LogP contribution < -0.4 is 5.32 Å². The molecule has 1 N–H and O–H groups in total. The highest BCUT2D eigenvalue weighted by Gasteiger charge is 2.11. The van der Waals surface area contributed by atoms with E-state index in [1.165, 1.54) is 0 Å². The smallest absolute Gasteiger partial charge is 0.268 e. The summed E-state index contributed by atoms with van der Waals surface area (Å²) < 4.78 is 7.06. The number of pyridine rings is 1. The van der Waals surface area contributed by atoms with Crippen LogP contribution in [0.4, 0.5) is 0 Å². The molecule has 1 amide bonds. The molecule has 5 nitrogen and oxygen atoms in total. The van der Waals surface area contributed by atoms with Crippen LogP contribution in [0, 0.1) is 0 Å². The molecule has 106 valence electrons. The van der Waals surface area contributed by atoms with Crippen LogP contribution in [-0.4, -0.2) is 35.2 Å². The Morgan fingerprint density at radius 2 is 2.30 bits per heavy atom. The lowest BCUT2D eigenvalue weighted by Crippen LogP contribution is -2.27. The van der Waals surface area contributed by atoms with E-state index in [9.17, 15) is 4.79 Å². The number of rotatable bonds is 7. The molecule has 0 aliphatic carbocycles. The van der Waals surface area contributed by atoms with Gasteiger partial charge in [0.15, 0.2) is 0 Å². The van der Waals surface area contributed by atoms with E-state index in [1.54, 1.807) is 18.5 Å². The number of ether oxygens (including phenoxy) is 1. The van der Waals surface area contributed by atoms with Gasteiger partial charge in [-0.3, -0.25) is 9.78 Å². The van der Waals surface area contributed by atoms with Gasteiger partial charge >= 0.3 is 0 Å². The van der Waals surface area contributed by atoms with Gasteiger partial charge in [0.1, 0.15) is 5.69 Å². The van der Waals surface area contributed by atoms with Crippen LogP contribution in [0.2, 0.25) is 0 Å².